The van der Waals surface area contributed by atoms with Crippen molar-refractivity contribution < 1.29 is 0 Å². The zero-order chi connectivity index (χ0) is 10.0. The highest BCUT2D eigenvalue weighted by Gasteiger charge is 2.31. The maximum atomic E-state index is 8.89. The number of anilines is 1. The van der Waals surface area contributed by atoms with E-state index in [0.29, 0.717) is 5.56 Å². The molecule has 3 nitrogen and oxygen atoms in total. The Morgan fingerprint density at radius 2 is 2.36 bits per heavy atom. The molecule has 0 aliphatic heterocycles. The van der Waals surface area contributed by atoms with Crippen LogP contribution in [0, 0.1) is 11.3 Å². The highest BCUT2D eigenvalue weighted by Crippen LogP contribution is 2.35. The number of pyridine rings is 1. The Morgan fingerprint density at radius 1 is 1.57 bits per heavy atom. The molecule has 1 fully saturated rings. The first-order valence-electron chi connectivity index (χ1n) is 4.86. The van der Waals surface area contributed by atoms with Gasteiger partial charge in [-0.15, -0.1) is 0 Å². The third-order valence-electron chi connectivity index (χ3n) is 2.84. The summed E-state index contributed by atoms with van der Waals surface area (Å²) in [5, 5.41) is 12.3. The van der Waals surface area contributed by atoms with Gasteiger partial charge >= 0.3 is 0 Å². The van der Waals surface area contributed by atoms with Gasteiger partial charge in [-0.05, 0) is 32.3 Å². The molecular formula is C11H13N3. The molecule has 0 aromatic carbocycles. The smallest absolute Gasteiger partial charge is 0.101 e. The Hall–Kier alpha value is -1.56. The number of rotatable bonds is 2. The molecule has 72 valence electrons. The van der Waals surface area contributed by atoms with Crippen molar-refractivity contribution in [2.45, 2.75) is 31.7 Å². The summed E-state index contributed by atoms with van der Waals surface area (Å²) in [6, 6.07) is 3.90. The van der Waals surface area contributed by atoms with E-state index in [-0.39, 0.29) is 5.54 Å². The minimum absolute atomic E-state index is 0.175. The third-order valence-corrected chi connectivity index (χ3v) is 2.84. The van der Waals surface area contributed by atoms with Gasteiger partial charge in [0.25, 0.3) is 0 Å². The number of aromatic nitrogens is 1. The Balaban J connectivity index is 2.20. The summed E-state index contributed by atoms with van der Waals surface area (Å²) in [5.41, 5.74) is 1.71. The second-order valence-corrected chi connectivity index (χ2v) is 4.07. The van der Waals surface area contributed by atoms with E-state index in [1.165, 1.54) is 19.3 Å². The third kappa shape index (κ3) is 1.56. The van der Waals surface area contributed by atoms with Crippen molar-refractivity contribution in [1.82, 2.24) is 4.98 Å². The lowest BCUT2D eigenvalue weighted by Crippen LogP contribution is -2.41. The van der Waals surface area contributed by atoms with Crippen LogP contribution in [0.2, 0.25) is 0 Å². The van der Waals surface area contributed by atoms with E-state index in [9.17, 15) is 0 Å². The van der Waals surface area contributed by atoms with E-state index in [0.717, 1.165) is 5.69 Å². The summed E-state index contributed by atoms with van der Waals surface area (Å²) >= 11 is 0. The van der Waals surface area contributed by atoms with Gasteiger partial charge < -0.3 is 5.32 Å². The highest BCUT2D eigenvalue weighted by molar-refractivity contribution is 5.57. The lowest BCUT2D eigenvalue weighted by atomic mass is 9.78. The highest BCUT2D eigenvalue weighted by atomic mass is 15.0. The molecule has 0 spiro atoms. The van der Waals surface area contributed by atoms with Crippen LogP contribution < -0.4 is 5.32 Å². The predicted octanol–water partition coefficient (Wildman–Crippen LogP) is 2.31. The Bertz CT molecular complexity index is 374. The van der Waals surface area contributed by atoms with Crippen molar-refractivity contribution in [1.29, 1.82) is 5.26 Å². The second kappa shape index (κ2) is 3.30. The van der Waals surface area contributed by atoms with Gasteiger partial charge in [-0.1, -0.05) is 0 Å². The Morgan fingerprint density at radius 3 is 2.93 bits per heavy atom. The van der Waals surface area contributed by atoms with Gasteiger partial charge in [-0.2, -0.15) is 5.26 Å². The minimum atomic E-state index is 0.175. The van der Waals surface area contributed by atoms with E-state index in [1.54, 1.807) is 18.5 Å². The number of hydrogen-bond acceptors (Lipinski definition) is 3. The molecule has 14 heavy (non-hydrogen) atoms. The molecule has 0 saturated heterocycles. The van der Waals surface area contributed by atoms with Gasteiger partial charge in [0.1, 0.15) is 6.07 Å². The first-order chi connectivity index (χ1) is 6.73. The number of hydrogen-bond donors (Lipinski definition) is 1. The van der Waals surface area contributed by atoms with Gasteiger partial charge in [-0.3, -0.25) is 4.98 Å². The van der Waals surface area contributed by atoms with Crippen molar-refractivity contribution in [3.05, 3.63) is 24.0 Å². The summed E-state index contributed by atoms with van der Waals surface area (Å²) in [6.45, 7) is 2.19. The van der Waals surface area contributed by atoms with Crippen molar-refractivity contribution in [2.75, 3.05) is 5.32 Å². The second-order valence-electron chi connectivity index (χ2n) is 4.07. The maximum Gasteiger partial charge on any atom is 0.101 e. The number of nitrogens with zero attached hydrogens (tertiary/aromatic N) is 2. The van der Waals surface area contributed by atoms with Crippen LogP contribution in [0.4, 0.5) is 5.69 Å². The maximum absolute atomic E-state index is 8.89. The van der Waals surface area contributed by atoms with E-state index >= 15 is 0 Å². The van der Waals surface area contributed by atoms with Gasteiger partial charge in [0, 0.05) is 11.7 Å². The van der Waals surface area contributed by atoms with Crippen LogP contribution in [0.25, 0.3) is 0 Å². The van der Waals surface area contributed by atoms with Crippen molar-refractivity contribution in [3.8, 4) is 6.07 Å². The zero-order valence-electron chi connectivity index (χ0n) is 8.25. The van der Waals surface area contributed by atoms with Crippen molar-refractivity contribution >= 4 is 5.69 Å². The molecule has 1 aromatic rings. The topological polar surface area (TPSA) is 48.7 Å². The molecule has 2 rings (SSSR count). The van der Waals surface area contributed by atoms with E-state index in [4.69, 9.17) is 5.26 Å². The van der Waals surface area contributed by atoms with Gasteiger partial charge in [0.15, 0.2) is 0 Å². The van der Waals surface area contributed by atoms with Crippen LogP contribution in [-0.4, -0.2) is 10.5 Å². The summed E-state index contributed by atoms with van der Waals surface area (Å²) in [6.07, 6.45) is 6.99. The molecule has 0 amide bonds. The summed E-state index contributed by atoms with van der Waals surface area (Å²) in [7, 11) is 0. The molecule has 3 heteroatoms. The molecule has 1 aromatic heterocycles. The lowest BCUT2D eigenvalue weighted by molar-refractivity contribution is 0.306. The first kappa shape index (κ1) is 9.01. The standard InChI is InChI=1S/C11H13N3/c1-11(4-2-5-11)14-10-8-13-6-3-9(10)7-12/h3,6,8,14H,2,4-5H2,1H3. The molecule has 0 unspecified atom stereocenters. The Kier molecular flexibility index (Phi) is 2.12. The molecule has 1 N–H and O–H groups in total. The molecule has 0 atom stereocenters. The molecule has 0 radical (unpaired) electrons. The fourth-order valence-electron chi connectivity index (χ4n) is 1.75. The predicted molar refractivity (Wildman–Crippen MR) is 54.8 cm³/mol. The summed E-state index contributed by atoms with van der Waals surface area (Å²) in [5.74, 6) is 0. The molecule has 0 bridgehead atoms. The molecule has 1 aliphatic rings. The van der Waals surface area contributed by atoms with Crippen molar-refractivity contribution in [2.24, 2.45) is 0 Å². The number of nitriles is 1. The van der Waals surface area contributed by atoms with Crippen molar-refractivity contribution in [3.63, 3.8) is 0 Å². The SMILES string of the molecule is CC1(Nc2cnccc2C#N)CCC1. The fourth-order valence-corrected chi connectivity index (χ4v) is 1.75. The minimum Gasteiger partial charge on any atom is -0.378 e. The monoisotopic (exact) mass is 187 g/mol. The van der Waals surface area contributed by atoms with E-state index in [2.05, 4.69) is 23.3 Å². The molecule has 1 heterocycles. The van der Waals surface area contributed by atoms with Crippen LogP contribution in [0.3, 0.4) is 0 Å². The van der Waals surface area contributed by atoms with Crippen LogP contribution in [-0.2, 0) is 0 Å². The largest absolute Gasteiger partial charge is 0.378 e. The molecule has 1 aliphatic carbocycles. The normalized spacial score (nSPS) is 18.0. The van der Waals surface area contributed by atoms with Gasteiger partial charge in [0.05, 0.1) is 17.4 Å². The quantitative estimate of drug-likeness (QED) is 0.772. The molecule has 1 saturated carbocycles. The summed E-state index contributed by atoms with van der Waals surface area (Å²) in [4.78, 5) is 4.02. The number of nitrogens with one attached hydrogen (secondary N) is 1. The fraction of sp³-hybridized carbons (Fsp3) is 0.455. The zero-order valence-corrected chi connectivity index (χ0v) is 8.25. The van der Waals surface area contributed by atoms with Gasteiger partial charge in [-0.25, -0.2) is 0 Å². The first-order valence-corrected chi connectivity index (χ1v) is 4.86. The average Bonchev–Trinajstić information content (AvgIpc) is 2.16. The van der Waals surface area contributed by atoms with Crippen LogP contribution in [0.1, 0.15) is 31.7 Å². The molecular weight excluding hydrogens is 174 g/mol. The average molecular weight is 187 g/mol. The van der Waals surface area contributed by atoms with Crippen LogP contribution >= 0.6 is 0 Å². The lowest BCUT2D eigenvalue weighted by Gasteiger charge is -2.40. The van der Waals surface area contributed by atoms with E-state index < -0.39 is 0 Å². The van der Waals surface area contributed by atoms with Crippen LogP contribution in [0.5, 0.6) is 0 Å². The van der Waals surface area contributed by atoms with E-state index in [1.807, 2.05) is 0 Å². The Labute approximate surface area is 83.8 Å². The summed E-state index contributed by atoms with van der Waals surface area (Å²) < 4.78 is 0. The van der Waals surface area contributed by atoms with Gasteiger partial charge in [0.2, 0.25) is 0 Å². The van der Waals surface area contributed by atoms with Crippen LogP contribution in [0.15, 0.2) is 18.5 Å².